The summed E-state index contributed by atoms with van der Waals surface area (Å²) in [7, 11) is 3.59. The lowest BCUT2D eigenvalue weighted by atomic mass is 10.1. The molecule has 1 aliphatic rings. The Bertz CT molecular complexity index is 233. The molecule has 4 nitrogen and oxygen atoms in total. The van der Waals surface area contributed by atoms with Gasteiger partial charge in [0.05, 0.1) is 13.5 Å². The molecule has 4 heteroatoms. The van der Waals surface area contributed by atoms with E-state index in [0.29, 0.717) is 18.5 Å². The summed E-state index contributed by atoms with van der Waals surface area (Å²) in [6.07, 6.45) is 1.67. The summed E-state index contributed by atoms with van der Waals surface area (Å²) in [6, 6.07) is 0.893. The van der Waals surface area contributed by atoms with Crippen molar-refractivity contribution >= 4 is 5.97 Å². The van der Waals surface area contributed by atoms with Gasteiger partial charge >= 0.3 is 5.97 Å². The van der Waals surface area contributed by atoms with Crippen molar-refractivity contribution in [1.29, 1.82) is 0 Å². The van der Waals surface area contributed by atoms with E-state index >= 15 is 0 Å². The third-order valence-electron chi connectivity index (χ3n) is 3.64. The van der Waals surface area contributed by atoms with Gasteiger partial charge in [-0.05, 0) is 33.5 Å². The predicted molar refractivity (Wildman–Crippen MR) is 64.4 cm³/mol. The van der Waals surface area contributed by atoms with E-state index in [1.807, 2.05) is 0 Å². The van der Waals surface area contributed by atoms with Crippen LogP contribution in [0.15, 0.2) is 0 Å². The van der Waals surface area contributed by atoms with E-state index in [9.17, 15) is 4.79 Å². The Labute approximate surface area is 98.5 Å². The van der Waals surface area contributed by atoms with Gasteiger partial charge < -0.3 is 9.64 Å². The van der Waals surface area contributed by atoms with Crippen molar-refractivity contribution in [3.8, 4) is 0 Å². The van der Waals surface area contributed by atoms with Gasteiger partial charge in [0.2, 0.25) is 0 Å². The van der Waals surface area contributed by atoms with Gasteiger partial charge in [0, 0.05) is 18.6 Å². The molecule has 0 bridgehead atoms. The summed E-state index contributed by atoms with van der Waals surface area (Å²) in [5.74, 6) is -0.105. The van der Waals surface area contributed by atoms with E-state index in [0.717, 1.165) is 19.6 Å². The van der Waals surface area contributed by atoms with Crippen LogP contribution in [0.5, 0.6) is 0 Å². The highest BCUT2D eigenvalue weighted by atomic mass is 16.5. The molecule has 0 aliphatic carbocycles. The summed E-state index contributed by atoms with van der Waals surface area (Å²) in [5, 5.41) is 0. The van der Waals surface area contributed by atoms with Crippen LogP contribution in [0.4, 0.5) is 0 Å². The molecule has 1 rings (SSSR count). The molecule has 0 radical (unpaired) electrons. The fourth-order valence-electron chi connectivity index (χ4n) is 2.27. The number of rotatable bonds is 3. The highest BCUT2D eigenvalue weighted by Crippen LogP contribution is 2.16. The number of likely N-dealkylation sites (N-methyl/N-ethyl adjacent to an activating group) is 2. The Morgan fingerprint density at radius 3 is 2.75 bits per heavy atom. The summed E-state index contributed by atoms with van der Waals surface area (Å²) in [4.78, 5) is 16.1. The highest BCUT2D eigenvalue weighted by Gasteiger charge is 2.27. The van der Waals surface area contributed by atoms with Gasteiger partial charge in [0.25, 0.3) is 0 Å². The Balaban J connectivity index is 2.64. The zero-order chi connectivity index (χ0) is 12.1. The van der Waals surface area contributed by atoms with Crippen LogP contribution in [0.3, 0.4) is 0 Å². The maximum absolute atomic E-state index is 11.4. The minimum Gasteiger partial charge on any atom is -0.469 e. The van der Waals surface area contributed by atoms with E-state index < -0.39 is 0 Å². The average Bonchev–Trinajstić information content (AvgIpc) is 2.40. The Hall–Kier alpha value is -0.610. The number of methoxy groups -OCH3 is 1. The minimum atomic E-state index is -0.105. The molecule has 0 spiro atoms. The van der Waals surface area contributed by atoms with E-state index in [1.54, 1.807) is 0 Å². The highest BCUT2D eigenvalue weighted by molar-refractivity contribution is 5.69. The van der Waals surface area contributed by atoms with Crippen LogP contribution >= 0.6 is 0 Å². The van der Waals surface area contributed by atoms with Crippen molar-refractivity contribution in [1.82, 2.24) is 9.80 Å². The monoisotopic (exact) mass is 228 g/mol. The second-order valence-electron chi connectivity index (χ2n) is 4.64. The molecule has 94 valence electrons. The van der Waals surface area contributed by atoms with Gasteiger partial charge in [-0.15, -0.1) is 0 Å². The van der Waals surface area contributed by atoms with E-state index in [1.165, 1.54) is 13.5 Å². The first-order valence-electron chi connectivity index (χ1n) is 6.09. The second kappa shape index (κ2) is 6.21. The topological polar surface area (TPSA) is 32.8 Å². The van der Waals surface area contributed by atoms with Crippen LogP contribution in [0.1, 0.15) is 26.7 Å². The zero-order valence-corrected chi connectivity index (χ0v) is 10.9. The Kier molecular flexibility index (Phi) is 5.22. The van der Waals surface area contributed by atoms with Crippen molar-refractivity contribution in [2.45, 2.75) is 38.8 Å². The van der Waals surface area contributed by atoms with Crippen LogP contribution in [0.2, 0.25) is 0 Å². The molecule has 2 atom stereocenters. The first kappa shape index (κ1) is 13.5. The molecule has 1 heterocycles. The third-order valence-corrected chi connectivity index (χ3v) is 3.64. The average molecular weight is 228 g/mol. The van der Waals surface area contributed by atoms with Gasteiger partial charge in [-0.25, -0.2) is 0 Å². The van der Waals surface area contributed by atoms with Gasteiger partial charge in [-0.2, -0.15) is 0 Å². The molecule has 0 aromatic carbocycles. The largest absolute Gasteiger partial charge is 0.469 e. The molecular formula is C12H24N2O2. The maximum Gasteiger partial charge on any atom is 0.307 e. The lowest BCUT2D eigenvalue weighted by molar-refractivity contribution is -0.142. The fraction of sp³-hybridized carbons (Fsp3) is 0.917. The van der Waals surface area contributed by atoms with Gasteiger partial charge in [-0.1, -0.05) is 6.92 Å². The first-order valence-corrected chi connectivity index (χ1v) is 6.09. The zero-order valence-electron chi connectivity index (χ0n) is 10.9. The SMILES string of the molecule is CCN1CCC(C)N(C)CC1CC(=O)OC. The molecule has 0 aromatic rings. The van der Waals surface area contributed by atoms with Crippen LogP contribution in [-0.2, 0) is 9.53 Å². The van der Waals surface area contributed by atoms with Crippen molar-refractivity contribution < 1.29 is 9.53 Å². The third kappa shape index (κ3) is 3.46. The predicted octanol–water partition coefficient (Wildman–Crippen LogP) is 0.964. The second-order valence-corrected chi connectivity index (χ2v) is 4.64. The maximum atomic E-state index is 11.4. The summed E-state index contributed by atoms with van der Waals surface area (Å²) < 4.78 is 4.76. The van der Waals surface area contributed by atoms with Crippen molar-refractivity contribution in [2.75, 3.05) is 33.8 Å². The van der Waals surface area contributed by atoms with Crippen molar-refractivity contribution in [3.63, 3.8) is 0 Å². The number of hydrogen-bond acceptors (Lipinski definition) is 4. The number of carbonyl (C=O) groups excluding carboxylic acids is 1. The lowest BCUT2D eigenvalue weighted by Crippen LogP contribution is -2.42. The van der Waals surface area contributed by atoms with E-state index in [2.05, 4.69) is 30.7 Å². The van der Waals surface area contributed by atoms with Crippen molar-refractivity contribution in [3.05, 3.63) is 0 Å². The first-order chi connectivity index (χ1) is 7.58. The van der Waals surface area contributed by atoms with Crippen molar-refractivity contribution in [2.24, 2.45) is 0 Å². The lowest BCUT2D eigenvalue weighted by Gasteiger charge is -2.29. The number of ether oxygens (including phenoxy) is 1. The molecule has 16 heavy (non-hydrogen) atoms. The molecule has 0 saturated carbocycles. The molecule has 1 saturated heterocycles. The van der Waals surface area contributed by atoms with Gasteiger partial charge in [0.15, 0.2) is 0 Å². The van der Waals surface area contributed by atoms with Crippen LogP contribution < -0.4 is 0 Å². The molecule has 1 aliphatic heterocycles. The summed E-state index contributed by atoms with van der Waals surface area (Å²) in [6.45, 7) is 7.42. The smallest absolute Gasteiger partial charge is 0.307 e. The molecule has 1 fully saturated rings. The van der Waals surface area contributed by atoms with Crippen LogP contribution in [-0.4, -0.2) is 61.6 Å². The number of esters is 1. The van der Waals surface area contributed by atoms with E-state index in [-0.39, 0.29) is 5.97 Å². The van der Waals surface area contributed by atoms with Gasteiger partial charge in [0.1, 0.15) is 0 Å². The number of nitrogens with zero attached hydrogens (tertiary/aromatic N) is 2. The standard InChI is InChI=1S/C12H24N2O2/c1-5-14-7-6-10(2)13(3)9-11(14)8-12(15)16-4/h10-11H,5-9H2,1-4H3. The fourth-order valence-corrected chi connectivity index (χ4v) is 2.27. The normalized spacial score (nSPS) is 28.8. The van der Waals surface area contributed by atoms with E-state index in [4.69, 9.17) is 4.74 Å². The van der Waals surface area contributed by atoms with Gasteiger partial charge in [-0.3, -0.25) is 9.69 Å². The quantitative estimate of drug-likeness (QED) is 0.674. The molecule has 0 aromatic heterocycles. The minimum absolute atomic E-state index is 0.105. The molecule has 0 amide bonds. The summed E-state index contributed by atoms with van der Waals surface area (Å²) >= 11 is 0. The Morgan fingerprint density at radius 1 is 1.50 bits per heavy atom. The molecule has 0 N–H and O–H groups in total. The molecule has 2 unspecified atom stereocenters. The Morgan fingerprint density at radius 2 is 2.19 bits per heavy atom. The summed E-state index contributed by atoms with van der Waals surface area (Å²) in [5.41, 5.74) is 0. The number of carbonyl (C=O) groups is 1. The van der Waals surface area contributed by atoms with Crippen LogP contribution in [0, 0.1) is 0 Å². The molecular weight excluding hydrogens is 204 g/mol. The number of hydrogen-bond donors (Lipinski definition) is 0. The van der Waals surface area contributed by atoms with Crippen LogP contribution in [0.25, 0.3) is 0 Å².